The van der Waals surface area contributed by atoms with Gasteiger partial charge < -0.3 is 20.3 Å². The number of alkyl halides is 6. The SMILES string of the molecule is C[C@H](OC(N)=O)c1nc(Cn2nc(-c3ccc(Cl)cc3)n(C[C@H](O)C(F)(F)F)c2=O)nn1-c1ncccc1OC(F)(F)F. The van der Waals surface area contributed by atoms with Crippen LogP contribution in [0.15, 0.2) is 47.4 Å². The Morgan fingerprint density at radius 3 is 2.40 bits per heavy atom. The minimum absolute atomic E-state index is 0.166. The average Bonchev–Trinajstić information content (AvgIpc) is 3.45. The predicted octanol–water partition coefficient (Wildman–Crippen LogP) is 3.37. The summed E-state index contributed by atoms with van der Waals surface area (Å²) in [4.78, 5) is 32.5. The van der Waals surface area contributed by atoms with Crippen LogP contribution in [-0.4, -0.2) is 63.9 Å². The lowest BCUT2D eigenvalue weighted by Gasteiger charge is -2.15. The molecule has 4 rings (SSSR count). The van der Waals surface area contributed by atoms with E-state index in [2.05, 4.69) is 24.9 Å². The normalized spacial score (nSPS) is 13.5. The fraction of sp³-hybridized carbons (Fsp3) is 0.304. The van der Waals surface area contributed by atoms with E-state index in [0.29, 0.717) is 9.25 Å². The molecule has 0 aliphatic carbocycles. The zero-order valence-corrected chi connectivity index (χ0v) is 22.3. The summed E-state index contributed by atoms with van der Waals surface area (Å²) in [5.41, 5.74) is 4.11. The minimum Gasteiger partial charge on any atom is -0.438 e. The lowest BCUT2D eigenvalue weighted by molar-refractivity contribution is -0.274. The van der Waals surface area contributed by atoms with Gasteiger partial charge in [-0.05, 0) is 43.3 Å². The Morgan fingerprint density at radius 2 is 1.79 bits per heavy atom. The van der Waals surface area contributed by atoms with Crippen LogP contribution in [0, 0.1) is 0 Å². The number of nitrogens with two attached hydrogens (primary N) is 1. The number of carbonyl (C=O) groups is 1. The van der Waals surface area contributed by atoms with Crippen molar-refractivity contribution in [2.75, 3.05) is 0 Å². The van der Waals surface area contributed by atoms with Crippen molar-refractivity contribution in [3.63, 3.8) is 0 Å². The standard InChI is InChI=1S/C23H19ClF6N8O5/c1-11(42-20(31)40)17-33-16(34-38(17)19-14(3-2-8-32-19)43-23(28,29)30)10-37-21(41)36(9-15(39)22(25,26)27)18(35-37)12-4-6-13(24)7-5-12/h2-8,11,15,39H,9-10H2,1H3,(H2,31,40)/t11-,15-/m0/s1. The summed E-state index contributed by atoms with van der Waals surface area (Å²) >= 11 is 5.88. The van der Waals surface area contributed by atoms with Gasteiger partial charge in [0.15, 0.2) is 41.2 Å². The molecule has 3 N–H and O–H groups in total. The van der Waals surface area contributed by atoms with E-state index in [1.54, 1.807) is 0 Å². The smallest absolute Gasteiger partial charge is 0.438 e. The third-order valence-corrected chi connectivity index (χ3v) is 5.81. The summed E-state index contributed by atoms with van der Waals surface area (Å²) in [6.45, 7) is -0.594. The van der Waals surface area contributed by atoms with Gasteiger partial charge >= 0.3 is 24.3 Å². The quantitative estimate of drug-likeness (QED) is 0.262. The molecule has 230 valence electrons. The maximum absolute atomic E-state index is 13.2. The van der Waals surface area contributed by atoms with Crippen LogP contribution in [0.4, 0.5) is 31.1 Å². The van der Waals surface area contributed by atoms with Gasteiger partial charge in [0.1, 0.15) is 6.54 Å². The predicted molar refractivity (Wildman–Crippen MR) is 133 cm³/mol. The van der Waals surface area contributed by atoms with Crippen LogP contribution >= 0.6 is 11.6 Å². The van der Waals surface area contributed by atoms with E-state index in [1.165, 1.54) is 31.2 Å². The largest absolute Gasteiger partial charge is 0.573 e. The number of primary amides is 1. The average molecular weight is 637 g/mol. The van der Waals surface area contributed by atoms with Crippen molar-refractivity contribution >= 4 is 17.7 Å². The minimum atomic E-state index is -5.13. The van der Waals surface area contributed by atoms with E-state index < -0.39 is 61.2 Å². The van der Waals surface area contributed by atoms with E-state index >= 15 is 0 Å². The number of aliphatic hydroxyl groups excluding tert-OH is 1. The van der Waals surface area contributed by atoms with Crippen molar-refractivity contribution in [2.24, 2.45) is 5.73 Å². The van der Waals surface area contributed by atoms with Gasteiger partial charge in [0.2, 0.25) is 0 Å². The molecule has 3 heterocycles. The Bertz CT molecular complexity index is 1670. The lowest BCUT2D eigenvalue weighted by Crippen LogP contribution is -2.37. The van der Waals surface area contributed by atoms with E-state index in [0.717, 1.165) is 23.0 Å². The summed E-state index contributed by atoms with van der Waals surface area (Å²) in [6, 6.07) is 7.62. The molecule has 0 saturated heterocycles. The molecule has 0 spiro atoms. The highest BCUT2D eigenvalue weighted by molar-refractivity contribution is 6.30. The molecule has 3 aromatic heterocycles. The van der Waals surface area contributed by atoms with E-state index in [-0.39, 0.29) is 28.1 Å². The number of aliphatic hydroxyl groups is 1. The van der Waals surface area contributed by atoms with Crippen LogP contribution in [0.25, 0.3) is 17.2 Å². The maximum atomic E-state index is 13.2. The van der Waals surface area contributed by atoms with Crippen molar-refractivity contribution in [2.45, 2.75) is 44.8 Å². The van der Waals surface area contributed by atoms with Gasteiger partial charge in [-0.25, -0.2) is 24.2 Å². The molecule has 20 heteroatoms. The number of hydrogen-bond donors (Lipinski definition) is 2. The van der Waals surface area contributed by atoms with Crippen LogP contribution in [0.3, 0.4) is 0 Å². The number of hydrogen-bond acceptors (Lipinski definition) is 9. The van der Waals surface area contributed by atoms with Crippen molar-refractivity contribution in [1.82, 2.24) is 34.1 Å². The fourth-order valence-corrected chi connectivity index (χ4v) is 3.88. The molecule has 0 fully saturated rings. The van der Waals surface area contributed by atoms with Crippen LogP contribution in [-0.2, 0) is 17.8 Å². The summed E-state index contributed by atoms with van der Waals surface area (Å²) in [7, 11) is 0. The molecule has 0 aliphatic rings. The summed E-state index contributed by atoms with van der Waals surface area (Å²) in [5, 5.41) is 18.1. The molecule has 0 radical (unpaired) electrons. The molecule has 0 saturated carbocycles. The number of amides is 1. The third-order valence-electron chi connectivity index (χ3n) is 5.56. The van der Waals surface area contributed by atoms with E-state index in [1.807, 2.05) is 0 Å². The fourth-order valence-electron chi connectivity index (χ4n) is 3.76. The second-order valence-corrected chi connectivity index (χ2v) is 9.13. The molecule has 2 atom stereocenters. The van der Waals surface area contributed by atoms with Gasteiger partial charge in [-0.15, -0.1) is 23.4 Å². The van der Waals surface area contributed by atoms with E-state index in [9.17, 15) is 41.0 Å². The number of aromatic nitrogens is 7. The number of rotatable bonds is 9. The first-order valence-corrected chi connectivity index (χ1v) is 12.2. The Kier molecular flexibility index (Phi) is 8.67. The van der Waals surface area contributed by atoms with Crippen molar-refractivity contribution in [3.8, 4) is 23.0 Å². The molecular weight excluding hydrogens is 618 g/mol. The second kappa shape index (κ2) is 11.9. The number of pyridine rings is 1. The Labute approximate surface area is 241 Å². The Balaban J connectivity index is 1.82. The van der Waals surface area contributed by atoms with Gasteiger partial charge in [0, 0.05) is 16.8 Å². The number of nitrogens with zero attached hydrogens (tertiary/aromatic N) is 7. The van der Waals surface area contributed by atoms with Crippen LogP contribution in [0.5, 0.6) is 5.75 Å². The highest BCUT2D eigenvalue weighted by Gasteiger charge is 2.39. The first kappa shape index (κ1) is 31.3. The van der Waals surface area contributed by atoms with Crippen LogP contribution < -0.4 is 16.2 Å². The van der Waals surface area contributed by atoms with Gasteiger partial charge in [0.05, 0.1) is 6.54 Å². The van der Waals surface area contributed by atoms with Crippen LogP contribution in [0.2, 0.25) is 5.02 Å². The van der Waals surface area contributed by atoms with Crippen LogP contribution in [0.1, 0.15) is 24.7 Å². The van der Waals surface area contributed by atoms with Crippen molar-refractivity contribution < 1.29 is 45.7 Å². The monoisotopic (exact) mass is 636 g/mol. The first-order chi connectivity index (χ1) is 20.0. The molecule has 1 amide bonds. The summed E-state index contributed by atoms with van der Waals surface area (Å²) < 4.78 is 89.5. The summed E-state index contributed by atoms with van der Waals surface area (Å²) in [6.07, 6.45) is -14.6. The molecule has 1 aromatic carbocycles. The third kappa shape index (κ3) is 7.41. The molecule has 4 aromatic rings. The molecule has 0 aliphatic heterocycles. The lowest BCUT2D eigenvalue weighted by atomic mass is 10.2. The number of carbonyl (C=O) groups excluding carboxylic acids is 1. The van der Waals surface area contributed by atoms with Gasteiger partial charge in [-0.3, -0.25) is 4.57 Å². The molecule has 43 heavy (non-hydrogen) atoms. The molecule has 13 nitrogen and oxygen atoms in total. The molecule has 0 bridgehead atoms. The molecular formula is C23H19ClF6N8O5. The zero-order valence-electron chi connectivity index (χ0n) is 21.5. The zero-order chi connectivity index (χ0) is 31.7. The topological polar surface area (TPSA) is 165 Å². The van der Waals surface area contributed by atoms with E-state index in [4.69, 9.17) is 22.1 Å². The second-order valence-electron chi connectivity index (χ2n) is 8.69. The highest BCUT2D eigenvalue weighted by Crippen LogP contribution is 2.30. The number of benzene rings is 1. The maximum Gasteiger partial charge on any atom is 0.573 e. The number of halogens is 7. The Morgan fingerprint density at radius 1 is 1.12 bits per heavy atom. The van der Waals surface area contributed by atoms with Gasteiger partial charge in [-0.2, -0.15) is 17.9 Å². The first-order valence-electron chi connectivity index (χ1n) is 11.8. The van der Waals surface area contributed by atoms with Crippen molar-refractivity contribution in [3.05, 3.63) is 69.8 Å². The van der Waals surface area contributed by atoms with Gasteiger partial charge in [0.25, 0.3) is 0 Å². The van der Waals surface area contributed by atoms with Gasteiger partial charge in [-0.1, -0.05) is 11.6 Å². The molecule has 0 unspecified atom stereocenters. The summed E-state index contributed by atoms with van der Waals surface area (Å²) in [5.74, 6) is -2.25. The Hall–Kier alpha value is -4.65. The van der Waals surface area contributed by atoms with Crippen molar-refractivity contribution in [1.29, 1.82) is 0 Å². The number of ether oxygens (including phenoxy) is 2. The highest BCUT2D eigenvalue weighted by atomic mass is 35.5.